The van der Waals surface area contributed by atoms with Crippen LogP contribution in [0.3, 0.4) is 0 Å². The number of benzene rings is 2. The molecule has 4 unspecified atom stereocenters. The number of esters is 1. The number of ether oxygens (including phenoxy) is 1. The molecule has 0 aromatic heterocycles. The van der Waals surface area contributed by atoms with Gasteiger partial charge in [-0.3, -0.25) is 15.4 Å². The van der Waals surface area contributed by atoms with E-state index in [0.29, 0.717) is 41.2 Å². The van der Waals surface area contributed by atoms with Crippen LogP contribution in [0.5, 0.6) is 5.75 Å². The standard InChI is InChI=1S/C25H29ClN6O6S/c1-2-38-25(35)22-16-7-3-4-8-17(16)24(34)31(23(22)18-12-11-15(33)13-19(18)26)20-9-5-6-10-21(20)32(28)39(36,37)14-29-30-27/h3-4,7-8,11-13,20-23,33H,2,5-6,9-10,14,28H2,1H3. The van der Waals surface area contributed by atoms with Crippen LogP contribution in [0, 0.1) is 0 Å². The number of nitrogens with two attached hydrogens (primary N) is 1. The van der Waals surface area contributed by atoms with E-state index in [1.165, 1.54) is 17.0 Å². The maximum atomic E-state index is 14.2. The summed E-state index contributed by atoms with van der Waals surface area (Å²) in [5.74, 6) is 3.19. The van der Waals surface area contributed by atoms with Gasteiger partial charge in [-0.2, -0.15) is 0 Å². The number of hydrogen-bond donors (Lipinski definition) is 2. The lowest BCUT2D eigenvalue weighted by Gasteiger charge is -2.50. The summed E-state index contributed by atoms with van der Waals surface area (Å²) in [5, 5.41) is 13.3. The lowest BCUT2D eigenvalue weighted by Crippen LogP contribution is -2.61. The number of hydrogen-bond acceptors (Lipinski definition) is 8. The number of hydrazine groups is 1. The summed E-state index contributed by atoms with van der Waals surface area (Å²) < 4.78 is 31.9. The minimum absolute atomic E-state index is 0.0988. The van der Waals surface area contributed by atoms with Crippen LogP contribution in [0.1, 0.15) is 66.1 Å². The van der Waals surface area contributed by atoms with Crippen molar-refractivity contribution in [3.63, 3.8) is 0 Å². The van der Waals surface area contributed by atoms with Gasteiger partial charge in [0.1, 0.15) is 17.5 Å². The SMILES string of the molecule is CCOC(=O)C1c2ccccc2C(=O)N(C2CCCCC2N(N)S(=O)(=O)CN=[N+]=[N-])C1c1ccc(O)cc1Cl. The Morgan fingerprint density at radius 3 is 2.67 bits per heavy atom. The van der Waals surface area contributed by atoms with Crippen molar-refractivity contribution in [3.05, 3.63) is 74.6 Å². The van der Waals surface area contributed by atoms with Crippen molar-refractivity contribution >= 4 is 33.5 Å². The molecule has 208 valence electrons. The third kappa shape index (κ3) is 5.54. The lowest BCUT2D eigenvalue weighted by molar-refractivity contribution is -0.147. The van der Waals surface area contributed by atoms with Gasteiger partial charge in [-0.1, -0.05) is 53.8 Å². The first-order valence-electron chi connectivity index (χ1n) is 12.5. The van der Waals surface area contributed by atoms with E-state index in [1.54, 1.807) is 37.3 Å². The molecule has 12 nitrogen and oxygen atoms in total. The van der Waals surface area contributed by atoms with Crippen LogP contribution in [-0.4, -0.2) is 59.3 Å². The number of nitrogens with zero attached hydrogens (tertiary/aromatic N) is 5. The van der Waals surface area contributed by atoms with Crippen molar-refractivity contribution in [3.8, 4) is 5.75 Å². The summed E-state index contributed by atoms with van der Waals surface area (Å²) in [7, 11) is -4.20. The van der Waals surface area contributed by atoms with E-state index >= 15 is 0 Å². The van der Waals surface area contributed by atoms with Crippen molar-refractivity contribution in [2.75, 3.05) is 12.5 Å². The lowest BCUT2D eigenvalue weighted by atomic mass is 9.77. The highest BCUT2D eigenvalue weighted by molar-refractivity contribution is 7.89. The fourth-order valence-electron chi connectivity index (χ4n) is 5.57. The molecular weight excluding hydrogens is 548 g/mol. The maximum Gasteiger partial charge on any atom is 0.315 e. The van der Waals surface area contributed by atoms with Gasteiger partial charge in [0.25, 0.3) is 5.91 Å². The van der Waals surface area contributed by atoms with Crippen molar-refractivity contribution in [2.24, 2.45) is 11.0 Å². The van der Waals surface area contributed by atoms with Crippen LogP contribution in [0.25, 0.3) is 10.4 Å². The average molecular weight is 577 g/mol. The highest BCUT2D eigenvalue weighted by atomic mass is 35.5. The highest BCUT2D eigenvalue weighted by Gasteiger charge is 2.51. The molecule has 39 heavy (non-hydrogen) atoms. The number of halogens is 1. The smallest absolute Gasteiger partial charge is 0.315 e. The fraction of sp³-hybridized carbons (Fsp3) is 0.440. The normalized spacial score (nSPS) is 23.2. The quantitative estimate of drug-likeness (QED) is 0.119. The van der Waals surface area contributed by atoms with Gasteiger partial charge in [0.15, 0.2) is 0 Å². The van der Waals surface area contributed by atoms with Crippen LogP contribution >= 0.6 is 11.6 Å². The minimum Gasteiger partial charge on any atom is -0.508 e. The van der Waals surface area contributed by atoms with Crippen molar-refractivity contribution < 1.29 is 27.9 Å². The first kappa shape index (κ1) is 28.7. The summed E-state index contributed by atoms with van der Waals surface area (Å²) in [4.78, 5) is 31.7. The molecule has 1 heterocycles. The number of azide groups is 1. The summed E-state index contributed by atoms with van der Waals surface area (Å²) >= 11 is 6.59. The largest absolute Gasteiger partial charge is 0.508 e. The second-order valence-electron chi connectivity index (χ2n) is 9.40. The van der Waals surface area contributed by atoms with Crippen molar-refractivity contribution in [1.29, 1.82) is 0 Å². The predicted molar refractivity (Wildman–Crippen MR) is 143 cm³/mol. The van der Waals surface area contributed by atoms with E-state index < -0.39 is 51.8 Å². The molecule has 14 heteroatoms. The zero-order valence-electron chi connectivity index (χ0n) is 21.2. The Labute approximate surface area is 230 Å². The minimum atomic E-state index is -4.20. The Bertz CT molecular complexity index is 1420. The van der Waals surface area contributed by atoms with Gasteiger partial charge in [-0.25, -0.2) is 8.42 Å². The molecule has 1 saturated carbocycles. The van der Waals surface area contributed by atoms with Crippen LogP contribution in [0.4, 0.5) is 0 Å². The second-order valence-corrected chi connectivity index (χ2v) is 11.7. The second kappa shape index (κ2) is 11.8. The van der Waals surface area contributed by atoms with E-state index in [9.17, 15) is 23.1 Å². The van der Waals surface area contributed by atoms with Crippen LogP contribution in [0.15, 0.2) is 47.6 Å². The Kier molecular flexibility index (Phi) is 8.67. The van der Waals surface area contributed by atoms with Gasteiger partial charge in [0.2, 0.25) is 10.0 Å². The van der Waals surface area contributed by atoms with Crippen LogP contribution < -0.4 is 5.84 Å². The molecule has 1 amide bonds. The highest BCUT2D eigenvalue weighted by Crippen LogP contribution is 2.48. The topological polar surface area (TPSA) is 179 Å². The Balaban J connectivity index is 1.93. The molecule has 0 saturated heterocycles. The number of carbonyl (C=O) groups excluding carboxylic acids is 2. The van der Waals surface area contributed by atoms with E-state index in [0.717, 1.165) is 0 Å². The molecule has 1 fully saturated rings. The molecule has 4 rings (SSSR count). The third-order valence-corrected chi connectivity index (χ3v) is 8.89. The number of carbonyl (C=O) groups is 2. The summed E-state index contributed by atoms with van der Waals surface area (Å²) in [6.45, 7) is 1.78. The monoisotopic (exact) mass is 576 g/mol. The number of phenolic OH excluding ortho intramolecular Hbond substituents is 1. The van der Waals surface area contributed by atoms with Gasteiger partial charge >= 0.3 is 5.97 Å². The molecule has 1 aliphatic heterocycles. The Morgan fingerprint density at radius 1 is 1.26 bits per heavy atom. The Hall–Kier alpha value is -3.35. The average Bonchev–Trinajstić information content (AvgIpc) is 2.92. The molecule has 2 aliphatic rings. The zero-order valence-corrected chi connectivity index (χ0v) is 22.8. The molecule has 0 spiro atoms. The number of aromatic hydroxyl groups is 1. The van der Waals surface area contributed by atoms with E-state index in [2.05, 4.69) is 10.0 Å². The number of amides is 1. The Morgan fingerprint density at radius 2 is 1.97 bits per heavy atom. The van der Waals surface area contributed by atoms with Gasteiger partial charge in [0.05, 0.1) is 24.7 Å². The molecule has 2 aromatic carbocycles. The van der Waals surface area contributed by atoms with Gasteiger partial charge in [-0.05, 0) is 54.6 Å². The summed E-state index contributed by atoms with van der Waals surface area (Å²) in [5.41, 5.74) is 9.77. The van der Waals surface area contributed by atoms with Crippen molar-refractivity contribution in [1.82, 2.24) is 9.31 Å². The molecule has 0 radical (unpaired) electrons. The number of rotatable bonds is 8. The van der Waals surface area contributed by atoms with Crippen LogP contribution in [-0.2, 0) is 19.6 Å². The third-order valence-electron chi connectivity index (χ3n) is 7.20. The number of fused-ring (bicyclic) bond motifs is 1. The molecule has 0 bridgehead atoms. The molecule has 4 atom stereocenters. The maximum absolute atomic E-state index is 14.2. The predicted octanol–water partition coefficient (Wildman–Crippen LogP) is 3.97. The van der Waals surface area contributed by atoms with Crippen LogP contribution in [0.2, 0.25) is 5.02 Å². The number of sulfonamides is 1. The fourth-order valence-corrected chi connectivity index (χ4v) is 6.85. The molecule has 1 aliphatic carbocycles. The van der Waals surface area contributed by atoms with Gasteiger partial charge in [-0.15, -0.1) is 4.41 Å². The van der Waals surface area contributed by atoms with E-state index in [1.807, 2.05) is 0 Å². The zero-order chi connectivity index (χ0) is 28.3. The molecule has 3 N–H and O–H groups in total. The summed E-state index contributed by atoms with van der Waals surface area (Å²) in [6, 6.07) is 8.36. The van der Waals surface area contributed by atoms with Gasteiger partial charge in [0, 0.05) is 15.5 Å². The molecular formula is C25H29ClN6O6S. The van der Waals surface area contributed by atoms with E-state index in [4.69, 9.17) is 27.7 Å². The first-order valence-corrected chi connectivity index (χ1v) is 14.4. The van der Waals surface area contributed by atoms with Gasteiger partial charge < -0.3 is 14.7 Å². The number of phenols is 1. The first-order chi connectivity index (χ1) is 18.6. The summed E-state index contributed by atoms with van der Waals surface area (Å²) in [6.07, 6.45) is 2.06. The molecule has 2 aromatic rings. The van der Waals surface area contributed by atoms with E-state index in [-0.39, 0.29) is 22.9 Å². The van der Waals surface area contributed by atoms with Crippen molar-refractivity contribution in [2.45, 2.75) is 56.7 Å².